The van der Waals surface area contributed by atoms with E-state index in [1.165, 1.54) is 27.4 Å². The van der Waals surface area contributed by atoms with Gasteiger partial charge in [0, 0.05) is 18.9 Å². The standard InChI is InChI=1S/C18H19N5O4S/c1-11(2)7-9-22-16(24)14(17(25)23-10-8-19-18(22)23)15-20-12-5-3-4-6-13(12)28(26,27)21-15/h3-6,8,10-11,20-21H,7,9H2,1-2H3. The second kappa shape index (κ2) is 6.48. The van der Waals surface area contributed by atoms with Gasteiger partial charge in [-0.3, -0.25) is 23.3 Å². The van der Waals surface area contributed by atoms with E-state index in [1.54, 1.807) is 18.2 Å². The second-order valence-corrected chi connectivity index (χ2v) is 8.67. The molecule has 0 atom stereocenters. The maximum atomic E-state index is 13.2. The Kier molecular flexibility index (Phi) is 4.22. The molecule has 9 nitrogen and oxygen atoms in total. The minimum atomic E-state index is -3.91. The summed E-state index contributed by atoms with van der Waals surface area (Å²) in [7, 11) is -3.91. The van der Waals surface area contributed by atoms with Crippen LogP contribution >= 0.6 is 0 Å². The predicted octanol–water partition coefficient (Wildman–Crippen LogP) is 0.0909. The van der Waals surface area contributed by atoms with E-state index in [0.29, 0.717) is 24.6 Å². The fraction of sp³-hybridized carbons (Fsp3) is 0.278. The van der Waals surface area contributed by atoms with Crippen molar-refractivity contribution in [2.75, 3.05) is 5.32 Å². The Labute approximate surface area is 160 Å². The molecule has 0 bridgehead atoms. The van der Waals surface area contributed by atoms with E-state index in [2.05, 4.69) is 15.0 Å². The Balaban J connectivity index is 2.05. The van der Waals surface area contributed by atoms with Gasteiger partial charge in [-0.2, -0.15) is 0 Å². The molecular formula is C18H19N5O4S. The average molecular weight is 401 g/mol. The largest absolute Gasteiger partial charge is 0.339 e. The Bertz CT molecular complexity index is 1350. The van der Waals surface area contributed by atoms with Crippen LogP contribution in [0.25, 0.3) is 11.6 Å². The van der Waals surface area contributed by atoms with Gasteiger partial charge in [0.05, 0.1) is 5.69 Å². The lowest BCUT2D eigenvalue weighted by molar-refractivity contribution is 0.508. The average Bonchev–Trinajstić information content (AvgIpc) is 3.11. The zero-order valence-corrected chi connectivity index (χ0v) is 16.2. The summed E-state index contributed by atoms with van der Waals surface area (Å²) in [5, 5.41) is 2.61. The third-order valence-corrected chi connectivity index (χ3v) is 6.01. The molecule has 1 aliphatic rings. The normalized spacial score (nSPS) is 17.2. The molecule has 2 aromatic heterocycles. The van der Waals surface area contributed by atoms with Crippen molar-refractivity contribution in [1.29, 1.82) is 0 Å². The van der Waals surface area contributed by atoms with Gasteiger partial charge in [0.25, 0.3) is 21.1 Å². The second-order valence-electron chi connectivity index (χ2n) is 7.02. The Morgan fingerprint density at radius 3 is 2.64 bits per heavy atom. The van der Waals surface area contributed by atoms with Crippen LogP contribution in [0.15, 0.2) is 51.1 Å². The van der Waals surface area contributed by atoms with E-state index in [0.717, 1.165) is 0 Å². The number of nitrogens with zero attached hydrogens (tertiary/aromatic N) is 3. The first kappa shape index (κ1) is 18.2. The van der Waals surface area contributed by atoms with Crippen molar-refractivity contribution < 1.29 is 8.42 Å². The van der Waals surface area contributed by atoms with Crippen LogP contribution in [0.1, 0.15) is 20.3 Å². The van der Waals surface area contributed by atoms with E-state index in [-0.39, 0.29) is 21.7 Å². The van der Waals surface area contributed by atoms with Crippen LogP contribution in [-0.4, -0.2) is 22.4 Å². The zero-order chi connectivity index (χ0) is 20.1. The highest BCUT2D eigenvalue weighted by molar-refractivity contribution is 7.90. The number of hydrogen-bond acceptors (Lipinski definition) is 6. The van der Waals surface area contributed by atoms with Crippen molar-refractivity contribution >= 4 is 27.3 Å². The molecule has 0 saturated carbocycles. The number of nitrogens with one attached hydrogen (secondary N) is 2. The third-order valence-electron chi connectivity index (χ3n) is 4.61. The van der Waals surface area contributed by atoms with Crippen molar-refractivity contribution in [3.8, 4) is 0 Å². The molecule has 0 amide bonds. The lowest BCUT2D eigenvalue weighted by Gasteiger charge is -2.22. The molecule has 0 aliphatic carbocycles. The minimum absolute atomic E-state index is 0.0510. The van der Waals surface area contributed by atoms with Gasteiger partial charge in [-0.15, -0.1) is 0 Å². The first-order valence-corrected chi connectivity index (χ1v) is 10.3. The molecule has 3 heterocycles. The number of hydrogen-bond donors (Lipinski definition) is 2. The molecular weight excluding hydrogens is 382 g/mol. The molecule has 146 valence electrons. The number of fused-ring (bicyclic) bond motifs is 2. The van der Waals surface area contributed by atoms with Gasteiger partial charge in [-0.25, -0.2) is 13.4 Å². The smallest absolute Gasteiger partial charge is 0.274 e. The summed E-state index contributed by atoms with van der Waals surface area (Å²) in [6, 6.07) is 6.29. The maximum absolute atomic E-state index is 13.2. The number of benzene rings is 1. The molecule has 3 aromatic rings. The van der Waals surface area contributed by atoms with E-state index >= 15 is 0 Å². The number of rotatable bonds is 3. The van der Waals surface area contributed by atoms with Crippen LogP contribution in [0.5, 0.6) is 0 Å². The summed E-state index contributed by atoms with van der Waals surface area (Å²) in [4.78, 5) is 30.3. The summed E-state index contributed by atoms with van der Waals surface area (Å²) < 4.78 is 30.2. The molecule has 4 rings (SSSR count). The van der Waals surface area contributed by atoms with Crippen LogP contribution in [-0.2, 0) is 16.6 Å². The maximum Gasteiger partial charge on any atom is 0.274 e. The molecule has 0 spiro atoms. The van der Waals surface area contributed by atoms with E-state index < -0.39 is 21.1 Å². The number of sulfonamides is 1. The summed E-state index contributed by atoms with van der Waals surface area (Å²) in [5.41, 5.74) is -0.925. The highest BCUT2D eigenvalue weighted by Gasteiger charge is 2.27. The molecule has 0 fully saturated rings. The Morgan fingerprint density at radius 1 is 1.14 bits per heavy atom. The first-order valence-electron chi connectivity index (χ1n) is 8.82. The van der Waals surface area contributed by atoms with Gasteiger partial charge in [0.1, 0.15) is 15.9 Å². The molecule has 0 unspecified atom stereocenters. The van der Waals surface area contributed by atoms with E-state index in [9.17, 15) is 18.0 Å². The van der Waals surface area contributed by atoms with Gasteiger partial charge in [0.15, 0.2) is 0 Å². The van der Waals surface area contributed by atoms with Crippen LogP contribution in [0, 0.1) is 5.92 Å². The molecule has 1 aromatic carbocycles. The number of anilines is 1. The topological polar surface area (TPSA) is 115 Å². The van der Waals surface area contributed by atoms with E-state index in [1.807, 2.05) is 13.8 Å². The minimum Gasteiger partial charge on any atom is -0.339 e. The summed E-state index contributed by atoms with van der Waals surface area (Å²) >= 11 is 0. The van der Waals surface area contributed by atoms with Gasteiger partial charge in [-0.05, 0) is 24.5 Å². The summed E-state index contributed by atoms with van der Waals surface area (Å²) in [6.07, 6.45) is 3.60. The molecule has 0 radical (unpaired) electrons. The van der Waals surface area contributed by atoms with Crippen molar-refractivity contribution in [2.24, 2.45) is 5.92 Å². The first-order chi connectivity index (χ1) is 13.3. The SMILES string of the molecule is CC(C)CCn1c(=O)c(=C2Nc3ccccc3S(=O)(=O)N2)c(=O)n2ccnc12. The van der Waals surface area contributed by atoms with Crippen LogP contribution < -0.4 is 26.4 Å². The number of para-hydroxylation sites is 1. The lowest BCUT2D eigenvalue weighted by atomic mass is 10.1. The van der Waals surface area contributed by atoms with Gasteiger partial charge in [0.2, 0.25) is 5.78 Å². The highest BCUT2D eigenvalue weighted by Crippen LogP contribution is 2.26. The fourth-order valence-electron chi connectivity index (χ4n) is 3.16. The highest BCUT2D eigenvalue weighted by atomic mass is 32.2. The molecule has 0 saturated heterocycles. The summed E-state index contributed by atoms with van der Waals surface area (Å²) in [5.74, 6) is 0.421. The number of aromatic nitrogens is 3. The zero-order valence-electron chi connectivity index (χ0n) is 15.3. The summed E-state index contributed by atoms with van der Waals surface area (Å²) in [6.45, 7) is 4.42. The Morgan fingerprint density at radius 2 is 1.89 bits per heavy atom. The fourth-order valence-corrected chi connectivity index (χ4v) is 4.36. The van der Waals surface area contributed by atoms with E-state index in [4.69, 9.17) is 0 Å². The Hall–Kier alpha value is -3.14. The van der Waals surface area contributed by atoms with Crippen molar-refractivity contribution in [3.05, 3.63) is 62.6 Å². The van der Waals surface area contributed by atoms with Crippen molar-refractivity contribution in [3.63, 3.8) is 0 Å². The number of aryl methyl sites for hydroxylation is 1. The number of imidazole rings is 1. The lowest BCUT2D eigenvalue weighted by Crippen LogP contribution is -2.53. The molecule has 10 heteroatoms. The molecule has 2 N–H and O–H groups in total. The molecule has 28 heavy (non-hydrogen) atoms. The van der Waals surface area contributed by atoms with Crippen LogP contribution in [0.3, 0.4) is 0 Å². The van der Waals surface area contributed by atoms with Crippen molar-refractivity contribution in [1.82, 2.24) is 18.7 Å². The van der Waals surface area contributed by atoms with Gasteiger partial charge in [-0.1, -0.05) is 26.0 Å². The van der Waals surface area contributed by atoms with Crippen LogP contribution in [0.2, 0.25) is 0 Å². The van der Waals surface area contributed by atoms with Crippen LogP contribution in [0.4, 0.5) is 5.69 Å². The van der Waals surface area contributed by atoms with Gasteiger partial charge >= 0.3 is 0 Å². The molecule has 1 aliphatic heterocycles. The quantitative estimate of drug-likeness (QED) is 0.643. The third kappa shape index (κ3) is 2.85. The predicted molar refractivity (Wildman–Crippen MR) is 104 cm³/mol. The monoisotopic (exact) mass is 401 g/mol. The van der Waals surface area contributed by atoms with Crippen molar-refractivity contribution in [2.45, 2.75) is 31.7 Å². The van der Waals surface area contributed by atoms with Gasteiger partial charge < -0.3 is 5.32 Å².